The van der Waals surface area contributed by atoms with Gasteiger partial charge in [-0.25, -0.2) is 9.48 Å². The van der Waals surface area contributed by atoms with Crippen molar-refractivity contribution < 1.29 is 14.3 Å². The highest BCUT2D eigenvalue weighted by Crippen LogP contribution is 2.40. The summed E-state index contributed by atoms with van der Waals surface area (Å²) in [6.07, 6.45) is 1.75. The lowest BCUT2D eigenvalue weighted by molar-refractivity contribution is 0.0600. The number of rotatable bonds is 1. The Balaban J connectivity index is 1.97. The molecule has 0 saturated carbocycles. The molecule has 1 aliphatic heterocycles. The Hall–Kier alpha value is -3.08. The van der Waals surface area contributed by atoms with Crippen molar-refractivity contribution in [1.29, 1.82) is 0 Å². The van der Waals surface area contributed by atoms with Crippen LogP contribution in [0, 0.1) is 0 Å². The Morgan fingerprint density at radius 2 is 2.00 bits per heavy atom. The molecule has 0 atom stereocenters. The fourth-order valence-corrected chi connectivity index (χ4v) is 2.60. The minimum Gasteiger partial charge on any atom is -0.465 e. The zero-order valence-electron chi connectivity index (χ0n) is 11.8. The molecule has 2 aromatic carbocycles. The standard InChI is InChI=1S/C17H12N2O3/c1-21-17(20)11-6-7-14-16(10-11)22-15-5-3-2-4-12(15)13-8-9-18-19(13)14/h2-10H,1H3. The molecule has 0 aliphatic carbocycles. The van der Waals surface area contributed by atoms with Gasteiger partial charge in [0.15, 0.2) is 5.75 Å². The summed E-state index contributed by atoms with van der Waals surface area (Å²) >= 11 is 0. The molecule has 0 spiro atoms. The van der Waals surface area contributed by atoms with E-state index in [2.05, 4.69) is 5.10 Å². The fourth-order valence-electron chi connectivity index (χ4n) is 2.60. The van der Waals surface area contributed by atoms with E-state index in [-0.39, 0.29) is 0 Å². The quantitative estimate of drug-likeness (QED) is 0.504. The molecular weight excluding hydrogens is 280 g/mol. The molecule has 1 aromatic heterocycles. The molecule has 0 saturated heterocycles. The third-order valence-corrected chi connectivity index (χ3v) is 3.63. The normalized spacial score (nSPS) is 11.5. The van der Waals surface area contributed by atoms with Crippen molar-refractivity contribution in [3.8, 4) is 28.4 Å². The topological polar surface area (TPSA) is 53.4 Å². The van der Waals surface area contributed by atoms with Crippen LogP contribution in [-0.2, 0) is 4.74 Å². The third kappa shape index (κ3) is 1.79. The van der Waals surface area contributed by atoms with Crippen LogP contribution in [0.15, 0.2) is 54.7 Å². The smallest absolute Gasteiger partial charge is 0.337 e. The number of ether oxygens (including phenoxy) is 2. The number of aromatic nitrogens is 2. The van der Waals surface area contributed by atoms with E-state index < -0.39 is 5.97 Å². The molecule has 4 rings (SSSR count). The molecular formula is C17H12N2O3. The molecule has 1 aliphatic rings. The van der Waals surface area contributed by atoms with Crippen LogP contribution < -0.4 is 4.74 Å². The number of fused-ring (bicyclic) bond motifs is 5. The lowest BCUT2D eigenvalue weighted by Gasteiger charge is -2.10. The summed E-state index contributed by atoms with van der Waals surface area (Å²) in [5, 5.41) is 4.37. The van der Waals surface area contributed by atoms with E-state index >= 15 is 0 Å². The second-order valence-electron chi connectivity index (χ2n) is 4.90. The second kappa shape index (κ2) is 4.73. The maximum Gasteiger partial charge on any atom is 0.337 e. The Morgan fingerprint density at radius 3 is 2.86 bits per heavy atom. The lowest BCUT2D eigenvalue weighted by Crippen LogP contribution is -2.03. The molecule has 0 unspecified atom stereocenters. The zero-order chi connectivity index (χ0) is 15.1. The monoisotopic (exact) mass is 292 g/mol. The molecule has 108 valence electrons. The van der Waals surface area contributed by atoms with Gasteiger partial charge in [0.2, 0.25) is 0 Å². The number of hydrogen-bond donors (Lipinski definition) is 0. The molecule has 0 N–H and O–H groups in total. The van der Waals surface area contributed by atoms with Gasteiger partial charge in [0.25, 0.3) is 0 Å². The molecule has 0 amide bonds. The number of methoxy groups -OCH3 is 1. The number of hydrogen-bond acceptors (Lipinski definition) is 4. The van der Waals surface area contributed by atoms with Crippen LogP contribution in [0.1, 0.15) is 10.4 Å². The summed E-state index contributed by atoms with van der Waals surface area (Å²) in [4.78, 5) is 11.7. The van der Waals surface area contributed by atoms with Crippen molar-refractivity contribution in [2.24, 2.45) is 0 Å². The van der Waals surface area contributed by atoms with Gasteiger partial charge in [-0.3, -0.25) is 0 Å². The van der Waals surface area contributed by atoms with Crippen molar-refractivity contribution in [3.05, 3.63) is 60.3 Å². The van der Waals surface area contributed by atoms with Gasteiger partial charge in [0.05, 0.1) is 24.6 Å². The van der Waals surface area contributed by atoms with Crippen LogP contribution in [0.2, 0.25) is 0 Å². The Morgan fingerprint density at radius 1 is 1.14 bits per heavy atom. The van der Waals surface area contributed by atoms with Gasteiger partial charge in [-0.05, 0) is 36.4 Å². The van der Waals surface area contributed by atoms with Gasteiger partial charge in [-0.15, -0.1) is 0 Å². The summed E-state index contributed by atoms with van der Waals surface area (Å²) < 4.78 is 12.6. The molecule has 5 nitrogen and oxygen atoms in total. The highest BCUT2D eigenvalue weighted by Gasteiger charge is 2.21. The van der Waals surface area contributed by atoms with E-state index in [1.54, 1.807) is 18.3 Å². The van der Waals surface area contributed by atoms with Crippen LogP contribution in [-0.4, -0.2) is 22.9 Å². The van der Waals surface area contributed by atoms with E-state index in [4.69, 9.17) is 9.47 Å². The van der Waals surface area contributed by atoms with Gasteiger partial charge < -0.3 is 9.47 Å². The first-order chi connectivity index (χ1) is 10.8. The molecule has 0 fully saturated rings. The SMILES string of the molecule is COC(=O)c1ccc2c(c1)Oc1ccccc1-c1ccnn1-2. The molecule has 5 heteroatoms. The van der Waals surface area contributed by atoms with Gasteiger partial charge in [-0.2, -0.15) is 5.10 Å². The highest BCUT2D eigenvalue weighted by molar-refractivity contribution is 5.90. The first kappa shape index (κ1) is 12.6. The van der Waals surface area contributed by atoms with E-state index in [1.807, 2.05) is 41.1 Å². The van der Waals surface area contributed by atoms with E-state index in [9.17, 15) is 4.79 Å². The van der Waals surface area contributed by atoms with E-state index in [1.165, 1.54) is 7.11 Å². The van der Waals surface area contributed by atoms with Crippen molar-refractivity contribution in [3.63, 3.8) is 0 Å². The molecule has 2 heterocycles. The fraction of sp³-hybridized carbons (Fsp3) is 0.0588. The number of nitrogens with zero attached hydrogens (tertiary/aromatic N) is 2. The van der Waals surface area contributed by atoms with Crippen LogP contribution >= 0.6 is 0 Å². The summed E-state index contributed by atoms with van der Waals surface area (Å²) in [6.45, 7) is 0. The largest absolute Gasteiger partial charge is 0.465 e. The molecule has 3 aromatic rings. The Labute approximate surface area is 126 Å². The first-order valence-corrected chi connectivity index (χ1v) is 6.82. The highest BCUT2D eigenvalue weighted by atomic mass is 16.5. The van der Waals surface area contributed by atoms with Gasteiger partial charge >= 0.3 is 5.97 Å². The average Bonchev–Trinajstić information content (AvgIpc) is 2.99. The van der Waals surface area contributed by atoms with Crippen molar-refractivity contribution in [1.82, 2.24) is 9.78 Å². The Kier molecular flexibility index (Phi) is 2.72. The van der Waals surface area contributed by atoms with Crippen molar-refractivity contribution in [2.75, 3.05) is 7.11 Å². The maximum atomic E-state index is 11.7. The van der Waals surface area contributed by atoms with Crippen molar-refractivity contribution >= 4 is 5.97 Å². The molecule has 0 radical (unpaired) electrons. The van der Waals surface area contributed by atoms with Gasteiger partial charge in [0.1, 0.15) is 11.4 Å². The predicted octanol–water partition coefficient (Wildman–Crippen LogP) is 3.43. The summed E-state index contributed by atoms with van der Waals surface area (Å²) in [6, 6.07) is 14.9. The third-order valence-electron chi connectivity index (χ3n) is 3.63. The second-order valence-corrected chi connectivity index (χ2v) is 4.90. The Bertz CT molecular complexity index is 883. The number of esters is 1. The minimum atomic E-state index is -0.398. The average molecular weight is 292 g/mol. The van der Waals surface area contributed by atoms with E-state index in [0.29, 0.717) is 11.3 Å². The first-order valence-electron chi connectivity index (χ1n) is 6.82. The predicted molar refractivity (Wildman–Crippen MR) is 80.4 cm³/mol. The van der Waals surface area contributed by atoms with Crippen LogP contribution in [0.5, 0.6) is 11.5 Å². The van der Waals surface area contributed by atoms with Crippen molar-refractivity contribution in [2.45, 2.75) is 0 Å². The maximum absolute atomic E-state index is 11.7. The lowest BCUT2D eigenvalue weighted by atomic mass is 10.1. The zero-order valence-corrected chi connectivity index (χ0v) is 11.8. The van der Waals surface area contributed by atoms with Gasteiger partial charge in [-0.1, -0.05) is 12.1 Å². The summed E-state index contributed by atoms with van der Waals surface area (Å²) in [5.74, 6) is 0.896. The minimum absolute atomic E-state index is 0.398. The van der Waals surface area contributed by atoms with Crippen LogP contribution in [0.3, 0.4) is 0 Å². The van der Waals surface area contributed by atoms with Crippen LogP contribution in [0.4, 0.5) is 0 Å². The number of carbonyl (C=O) groups excluding carboxylic acids is 1. The van der Waals surface area contributed by atoms with Crippen LogP contribution in [0.25, 0.3) is 16.9 Å². The molecule has 22 heavy (non-hydrogen) atoms. The van der Waals surface area contributed by atoms with E-state index in [0.717, 1.165) is 22.7 Å². The number of carbonyl (C=O) groups is 1. The number of para-hydroxylation sites is 1. The number of benzene rings is 2. The molecule has 0 bridgehead atoms. The summed E-state index contributed by atoms with van der Waals surface area (Å²) in [7, 11) is 1.36. The van der Waals surface area contributed by atoms with Gasteiger partial charge in [0, 0.05) is 5.56 Å². The summed E-state index contributed by atoms with van der Waals surface area (Å²) in [5.41, 5.74) is 3.12.